The molecule has 0 unspecified atom stereocenters. The van der Waals surface area contributed by atoms with Crippen LogP contribution in [0.25, 0.3) is 10.9 Å². The highest BCUT2D eigenvalue weighted by atomic mass is 15.0. The van der Waals surface area contributed by atoms with Crippen molar-refractivity contribution in [1.29, 1.82) is 10.5 Å². The van der Waals surface area contributed by atoms with Gasteiger partial charge in [-0.25, -0.2) is 0 Å². The zero-order valence-electron chi connectivity index (χ0n) is 8.14. The van der Waals surface area contributed by atoms with Crippen LogP contribution >= 0.6 is 0 Å². The fraction of sp³-hybridized carbons (Fsp3) is 0.167. The first kappa shape index (κ1) is 9.30. The summed E-state index contributed by atoms with van der Waals surface area (Å²) in [7, 11) is 0. The molecule has 0 atom stereocenters. The summed E-state index contributed by atoms with van der Waals surface area (Å²) in [5.41, 5.74) is 2.01. The number of rotatable bonds is 2. The second kappa shape index (κ2) is 3.86. The maximum absolute atomic E-state index is 8.69. The largest absolute Gasteiger partial charge is 0.333 e. The number of aromatic nitrogens is 1. The molecule has 0 fully saturated rings. The molecule has 0 saturated heterocycles. The van der Waals surface area contributed by atoms with Crippen molar-refractivity contribution in [1.82, 2.24) is 4.57 Å². The number of nitriles is 2. The second-order valence-electron chi connectivity index (χ2n) is 3.29. The van der Waals surface area contributed by atoms with E-state index in [4.69, 9.17) is 10.5 Å². The number of para-hydroxylation sites is 1. The maximum atomic E-state index is 8.69. The van der Waals surface area contributed by atoms with Gasteiger partial charge in [-0.05, 0) is 11.6 Å². The van der Waals surface area contributed by atoms with Crippen molar-refractivity contribution in [2.24, 2.45) is 0 Å². The molecule has 0 N–H and O–H groups in total. The highest BCUT2D eigenvalue weighted by Crippen LogP contribution is 2.21. The molecule has 0 aliphatic carbocycles. The van der Waals surface area contributed by atoms with Gasteiger partial charge in [-0.1, -0.05) is 18.2 Å². The number of hydrogen-bond acceptors (Lipinski definition) is 2. The monoisotopic (exact) mass is 195 g/mol. The van der Waals surface area contributed by atoms with Gasteiger partial charge in [0, 0.05) is 17.1 Å². The van der Waals surface area contributed by atoms with Crippen LogP contribution in [0.4, 0.5) is 0 Å². The Morgan fingerprint density at radius 2 is 1.93 bits per heavy atom. The third kappa shape index (κ3) is 1.56. The maximum Gasteiger partial charge on any atom is 0.110 e. The summed E-state index contributed by atoms with van der Waals surface area (Å²) in [6.45, 7) is 0.325. The Morgan fingerprint density at radius 3 is 2.67 bits per heavy atom. The minimum absolute atomic E-state index is 0.325. The van der Waals surface area contributed by atoms with Crippen LogP contribution in [0.1, 0.15) is 5.56 Å². The van der Waals surface area contributed by atoms with Gasteiger partial charge < -0.3 is 4.57 Å². The first-order chi connectivity index (χ1) is 7.36. The van der Waals surface area contributed by atoms with E-state index >= 15 is 0 Å². The first-order valence-electron chi connectivity index (χ1n) is 4.67. The molecular formula is C12H9N3. The van der Waals surface area contributed by atoms with E-state index in [1.807, 2.05) is 35.0 Å². The Kier molecular flexibility index (Phi) is 2.39. The number of hydrogen-bond donors (Lipinski definition) is 0. The quantitative estimate of drug-likeness (QED) is 0.737. The SMILES string of the molecule is N#CCc1cn(CC#N)c2ccccc12. The van der Waals surface area contributed by atoms with Crippen molar-refractivity contribution in [2.75, 3.05) is 0 Å². The molecule has 0 radical (unpaired) electrons. The molecule has 0 spiro atoms. The average Bonchev–Trinajstić information content (AvgIpc) is 2.59. The number of fused-ring (bicyclic) bond motifs is 1. The van der Waals surface area contributed by atoms with Gasteiger partial charge in [-0.3, -0.25) is 0 Å². The first-order valence-corrected chi connectivity index (χ1v) is 4.67. The van der Waals surface area contributed by atoms with Gasteiger partial charge in [0.1, 0.15) is 6.54 Å². The summed E-state index contributed by atoms with van der Waals surface area (Å²) >= 11 is 0. The van der Waals surface area contributed by atoms with E-state index in [1.54, 1.807) is 0 Å². The van der Waals surface area contributed by atoms with Gasteiger partial charge in [0.2, 0.25) is 0 Å². The lowest BCUT2D eigenvalue weighted by Crippen LogP contribution is -1.91. The summed E-state index contributed by atoms with van der Waals surface area (Å²) in [5.74, 6) is 0. The van der Waals surface area contributed by atoms with Crippen molar-refractivity contribution in [3.63, 3.8) is 0 Å². The van der Waals surface area contributed by atoms with Crippen molar-refractivity contribution < 1.29 is 0 Å². The predicted molar refractivity (Wildman–Crippen MR) is 56.9 cm³/mol. The van der Waals surface area contributed by atoms with Gasteiger partial charge in [-0.15, -0.1) is 0 Å². The Morgan fingerprint density at radius 1 is 1.13 bits per heavy atom. The lowest BCUT2D eigenvalue weighted by molar-refractivity contribution is 0.869. The standard InChI is InChI=1S/C12H9N3/c13-6-5-10-9-15(8-7-14)12-4-2-1-3-11(10)12/h1-4,9H,5,8H2. The zero-order chi connectivity index (χ0) is 10.7. The molecule has 15 heavy (non-hydrogen) atoms. The molecule has 0 amide bonds. The molecule has 2 rings (SSSR count). The van der Waals surface area contributed by atoms with Gasteiger partial charge in [-0.2, -0.15) is 10.5 Å². The summed E-state index contributed by atoms with van der Waals surface area (Å²) in [4.78, 5) is 0. The summed E-state index contributed by atoms with van der Waals surface area (Å²) < 4.78 is 1.88. The molecule has 1 heterocycles. The molecule has 2 aromatic rings. The van der Waals surface area contributed by atoms with E-state index in [0.717, 1.165) is 16.5 Å². The predicted octanol–water partition coefficient (Wildman–Crippen LogP) is 2.23. The Bertz CT molecular complexity index is 517. The third-order valence-electron chi connectivity index (χ3n) is 2.38. The van der Waals surface area contributed by atoms with E-state index in [9.17, 15) is 0 Å². The van der Waals surface area contributed by atoms with Crippen LogP contribution in [0.5, 0.6) is 0 Å². The van der Waals surface area contributed by atoms with Crippen molar-refractivity contribution in [3.8, 4) is 12.1 Å². The zero-order valence-corrected chi connectivity index (χ0v) is 8.14. The Hall–Kier alpha value is -2.26. The average molecular weight is 195 g/mol. The van der Waals surface area contributed by atoms with Crippen LogP contribution in [-0.2, 0) is 13.0 Å². The molecule has 0 aliphatic heterocycles. The second-order valence-corrected chi connectivity index (χ2v) is 3.29. The Balaban J connectivity index is 2.64. The molecular weight excluding hydrogens is 186 g/mol. The van der Waals surface area contributed by atoms with Gasteiger partial charge >= 0.3 is 0 Å². The summed E-state index contributed by atoms with van der Waals surface area (Å²) in [6, 6.07) is 12.1. The molecule has 3 heteroatoms. The molecule has 1 aromatic carbocycles. The molecule has 72 valence electrons. The van der Waals surface area contributed by atoms with E-state index in [1.165, 1.54) is 0 Å². The van der Waals surface area contributed by atoms with Crippen molar-refractivity contribution in [2.45, 2.75) is 13.0 Å². The highest BCUT2D eigenvalue weighted by molar-refractivity contribution is 5.84. The topological polar surface area (TPSA) is 52.5 Å². The van der Waals surface area contributed by atoms with Crippen LogP contribution in [-0.4, -0.2) is 4.57 Å². The number of nitrogens with zero attached hydrogens (tertiary/aromatic N) is 3. The van der Waals surface area contributed by atoms with E-state index < -0.39 is 0 Å². The molecule has 3 nitrogen and oxygen atoms in total. The van der Waals surface area contributed by atoms with Crippen molar-refractivity contribution >= 4 is 10.9 Å². The fourth-order valence-electron chi connectivity index (χ4n) is 1.76. The summed E-state index contributed by atoms with van der Waals surface area (Å²) in [5, 5.41) is 18.4. The van der Waals surface area contributed by atoms with Crippen LogP contribution in [0.3, 0.4) is 0 Å². The van der Waals surface area contributed by atoms with Gasteiger partial charge in [0.05, 0.1) is 18.6 Å². The Labute approximate surface area is 87.8 Å². The van der Waals surface area contributed by atoms with Gasteiger partial charge in [0.15, 0.2) is 0 Å². The number of benzene rings is 1. The van der Waals surface area contributed by atoms with Crippen LogP contribution in [0.2, 0.25) is 0 Å². The van der Waals surface area contributed by atoms with Crippen molar-refractivity contribution in [3.05, 3.63) is 36.0 Å². The lowest BCUT2D eigenvalue weighted by Gasteiger charge is -1.96. The molecule has 1 aromatic heterocycles. The van der Waals surface area contributed by atoms with Crippen LogP contribution in [0, 0.1) is 22.7 Å². The molecule has 0 bridgehead atoms. The molecule has 0 aliphatic rings. The smallest absolute Gasteiger partial charge is 0.110 e. The van der Waals surface area contributed by atoms with Crippen LogP contribution < -0.4 is 0 Å². The normalized spacial score (nSPS) is 9.73. The minimum Gasteiger partial charge on any atom is -0.333 e. The van der Waals surface area contributed by atoms with Crippen LogP contribution in [0.15, 0.2) is 30.5 Å². The van der Waals surface area contributed by atoms with E-state index in [-0.39, 0.29) is 0 Å². The van der Waals surface area contributed by atoms with E-state index in [0.29, 0.717) is 13.0 Å². The fourth-order valence-corrected chi connectivity index (χ4v) is 1.76. The third-order valence-corrected chi connectivity index (χ3v) is 2.38. The lowest BCUT2D eigenvalue weighted by atomic mass is 10.1. The highest BCUT2D eigenvalue weighted by Gasteiger charge is 2.06. The van der Waals surface area contributed by atoms with E-state index in [2.05, 4.69) is 12.1 Å². The van der Waals surface area contributed by atoms with Gasteiger partial charge in [0.25, 0.3) is 0 Å². The minimum atomic E-state index is 0.325. The summed E-state index contributed by atoms with van der Waals surface area (Å²) in [6.07, 6.45) is 2.27. The molecule has 0 saturated carbocycles.